The van der Waals surface area contributed by atoms with E-state index in [1.807, 2.05) is 0 Å². The van der Waals surface area contributed by atoms with E-state index in [0.29, 0.717) is 5.39 Å². The molecule has 0 aromatic heterocycles. The van der Waals surface area contributed by atoms with Crippen LogP contribution < -0.4 is 4.74 Å². The van der Waals surface area contributed by atoms with Crippen molar-refractivity contribution in [1.29, 1.82) is 0 Å². The number of benzene rings is 3. The first-order valence-electron chi connectivity index (χ1n) is 14.1. The van der Waals surface area contributed by atoms with Crippen LogP contribution in [0.1, 0.15) is 70.3 Å². The Morgan fingerprint density at radius 3 is 2.05 bits per heavy atom. The number of hydrogen-bond acceptors (Lipinski definition) is 10. The van der Waals surface area contributed by atoms with Gasteiger partial charge in [-0.05, 0) is 27.7 Å². The molecule has 3 aliphatic rings. The predicted octanol–water partition coefficient (Wildman–Crippen LogP) is 3.88. The van der Waals surface area contributed by atoms with Gasteiger partial charge in [-0.25, -0.2) is 4.79 Å². The second-order valence-corrected chi connectivity index (χ2v) is 12.6. The third-order valence-electron chi connectivity index (χ3n) is 9.45. The Labute approximate surface area is 252 Å². The van der Waals surface area contributed by atoms with Gasteiger partial charge in [0.25, 0.3) is 0 Å². The lowest BCUT2D eigenvalue weighted by molar-refractivity contribution is -0.194. The van der Waals surface area contributed by atoms with Gasteiger partial charge in [0.1, 0.15) is 22.7 Å². The zero-order valence-electron chi connectivity index (χ0n) is 25.1. The SMILES string of the molecule is COC(=O)c1c2c(c3ccccc3c1O)O[C@]1(C(C)(C)O)[C@@H](C(C)(C)O)C=C3C(=O)c4ccccc4C(=O)[C@]3(C(=O)OC)[C@@H]21. The average Bonchev–Trinajstić information content (AvgIpc) is 3.36. The van der Waals surface area contributed by atoms with Crippen LogP contribution >= 0.6 is 0 Å². The number of hydrogen-bond donors (Lipinski definition) is 3. The average molecular weight is 601 g/mol. The topological polar surface area (TPSA) is 157 Å². The Bertz CT molecular complexity index is 1840. The van der Waals surface area contributed by atoms with Crippen molar-refractivity contribution in [3.63, 3.8) is 0 Å². The minimum absolute atomic E-state index is 0.0165. The van der Waals surface area contributed by atoms with E-state index >= 15 is 0 Å². The van der Waals surface area contributed by atoms with Gasteiger partial charge in [-0.15, -0.1) is 0 Å². The number of carbonyl (C=O) groups excluding carboxylic acids is 4. The number of ketones is 2. The largest absolute Gasteiger partial charge is 0.506 e. The van der Waals surface area contributed by atoms with E-state index in [4.69, 9.17) is 14.2 Å². The molecule has 3 N–H and O–H groups in total. The van der Waals surface area contributed by atoms with E-state index in [-0.39, 0.29) is 33.4 Å². The lowest BCUT2D eigenvalue weighted by Crippen LogP contribution is -2.72. The highest BCUT2D eigenvalue weighted by atomic mass is 16.5. The monoisotopic (exact) mass is 600 g/mol. The number of aliphatic hydroxyl groups is 2. The third kappa shape index (κ3) is 3.38. The molecule has 0 radical (unpaired) electrons. The third-order valence-corrected chi connectivity index (χ3v) is 9.45. The second kappa shape index (κ2) is 9.23. The van der Waals surface area contributed by atoms with Gasteiger partial charge in [-0.3, -0.25) is 14.4 Å². The molecule has 1 aliphatic heterocycles. The van der Waals surface area contributed by atoms with Crippen LogP contribution in [0.3, 0.4) is 0 Å². The number of Topliss-reactive ketones (excluding diaryl/α,β-unsaturated/α-hetero) is 2. The molecule has 2 aliphatic carbocycles. The molecule has 6 rings (SSSR count). The van der Waals surface area contributed by atoms with Crippen LogP contribution in [0.25, 0.3) is 10.8 Å². The van der Waals surface area contributed by atoms with Gasteiger partial charge in [0.05, 0.1) is 25.7 Å². The summed E-state index contributed by atoms with van der Waals surface area (Å²) in [7, 11) is 2.17. The Balaban J connectivity index is 1.92. The Morgan fingerprint density at radius 1 is 0.886 bits per heavy atom. The van der Waals surface area contributed by atoms with Gasteiger partial charge in [-0.2, -0.15) is 0 Å². The number of aromatic hydroxyl groups is 1. The Hall–Kier alpha value is -4.54. The summed E-state index contributed by atoms with van der Waals surface area (Å²) in [5.74, 6) is -7.09. The van der Waals surface area contributed by atoms with Crippen molar-refractivity contribution in [2.45, 2.75) is 50.4 Å². The van der Waals surface area contributed by atoms with E-state index < -0.39 is 68.9 Å². The summed E-state index contributed by atoms with van der Waals surface area (Å²) in [6, 6.07) is 12.5. The molecule has 1 heterocycles. The summed E-state index contributed by atoms with van der Waals surface area (Å²) in [5.41, 5.74) is -9.15. The number of methoxy groups -OCH3 is 2. The first-order chi connectivity index (χ1) is 20.6. The van der Waals surface area contributed by atoms with Crippen molar-refractivity contribution < 1.29 is 48.7 Å². The molecule has 0 spiro atoms. The highest BCUT2D eigenvalue weighted by molar-refractivity contribution is 6.32. The van der Waals surface area contributed by atoms with Crippen LogP contribution in [0, 0.1) is 11.3 Å². The van der Waals surface area contributed by atoms with E-state index in [2.05, 4.69) is 0 Å². The maximum atomic E-state index is 14.9. The molecular formula is C34H32O10. The van der Waals surface area contributed by atoms with Crippen molar-refractivity contribution in [3.8, 4) is 11.5 Å². The summed E-state index contributed by atoms with van der Waals surface area (Å²) in [4.78, 5) is 57.2. The van der Waals surface area contributed by atoms with Crippen molar-refractivity contribution in [2.75, 3.05) is 14.2 Å². The van der Waals surface area contributed by atoms with Crippen molar-refractivity contribution >= 4 is 34.3 Å². The number of esters is 2. The molecule has 44 heavy (non-hydrogen) atoms. The number of carbonyl (C=O) groups is 4. The first kappa shape index (κ1) is 29.5. The number of ether oxygens (including phenoxy) is 3. The first-order valence-corrected chi connectivity index (χ1v) is 14.1. The van der Waals surface area contributed by atoms with Gasteiger partial charge in [-0.1, -0.05) is 54.6 Å². The van der Waals surface area contributed by atoms with Gasteiger partial charge < -0.3 is 29.5 Å². The minimum atomic E-state index is -2.51. The maximum absolute atomic E-state index is 14.9. The van der Waals surface area contributed by atoms with Crippen LogP contribution in [0.15, 0.2) is 60.2 Å². The maximum Gasteiger partial charge on any atom is 0.342 e. The zero-order chi connectivity index (χ0) is 32.1. The van der Waals surface area contributed by atoms with Gasteiger partial charge in [0.15, 0.2) is 22.6 Å². The lowest BCUT2D eigenvalue weighted by Gasteiger charge is -2.58. The number of fused-ring (bicyclic) bond motifs is 8. The van der Waals surface area contributed by atoms with E-state index in [9.17, 15) is 34.5 Å². The quantitative estimate of drug-likeness (QED) is 0.297. The molecule has 0 bridgehead atoms. The fourth-order valence-electron chi connectivity index (χ4n) is 7.72. The summed E-state index contributed by atoms with van der Waals surface area (Å²) in [6.07, 6.45) is 1.33. The highest BCUT2D eigenvalue weighted by Gasteiger charge is 2.78. The molecule has 10 nitrogen and oxygen atoms in total. The molecule has 10 heteroatoms. The van der Waals surface area contributed by atoms with Crippen LogP contribution in [0.2, 0.25) is 0 Å². The van der Waals surface area contributed by atoms with Gasteiger partial charge in [0, 0.05) is 39.0 Å². The summed E-state index contributed by atoms with van der Waals surface area (Å²) >= 11 is 0. The fraction of sp³-hybridized carbons (Fsp3) is 0.353. The van der Waals surface area contributed by atoms with E-state index in [1.54, 1.807) is 36.4 Å². The van der Waals surface area contributed by atoms with Gasteiger partial charge in [0.2, 0.25) is 0 Å². The molecular weight excluding hydrogens is 568 g/mol. The van der Waals surface area contributed by atoms with Gasteiger partial charge >= 0.3 is 11.9 Å². The number of phenolic OH excluding ortho intramolecular Hbond substituents is 1. The Kier molecular flexibility index (Phi) is 6.20. The summed E-state index contributed by atoms with van der Waals surface area (Å²) < 4.78 is 17.2. The van der Waals surface area contributed by atoms with Crippen LogP contribution in [0.5, 0.6) is 11.5 Å². The highest BCUT2D eigenvalue weighted by Crippen LogP contribution is 2.70. The molecule has 0 saturated heterocycles. The zero-order valence-corrected chi connectivity index (χ0v) is 25.1. The van der Waals surface area contributed by atoms with E-state index in [1.165, 1.54) is 45.9 Å². The molecule has 0 amide bonds. The molecule has 0 unspecified atom stereocenters. The predicted molar refractivity (Wildman–Crippen MR) is 157 cm³/mol. The smallest absolute Gasteiger partial charge is 0.342 e. The second-order valence-electron chi connectivity index (χ2n) is 12.6. The normalized spacial score (nSPS) is 25.7. The molecule has 4 atom stereocenters. The standard InChI is InChI=1S/C34H32O10/c1-31(2,40)21-15-20-24(35)17-12-8-10-14-19(17)28(37)33(20,30(39)43-6)27-23-22(29(38)42-5)25(36)16-11-7-9-13-18(16)26(23)44-34(21,27)32(3,4)41/h7-15,21,27,36,40-41H,1-6H3/t21-,27-,33-,34-/m1/s1. The van der Waals surface area contributed by atoms with Crippen molar-refractivity contribution in [3.05, 3.63) is 82.4 Å². The van der Waals surface area contributed by atoms with Crippen LogP contribution in [-0.2, 0) is 14.3 Å². The molecule has 0 saturated carbocycles. The molecule has 3 aromatic carbocycles. The van der Waals surface area contributed by atoms with Crippen LogP contribution in [0.4, 0.5) is 0 Å². The lowest BCUT2D eigenvalue weighted by atomic mass is 9.45. The molecule has 3 aromatic rings. The summed E-state index contributed by atoms with van der Waals surface area (Å²) in [5, 5.41) is 36.0. The van der Waals surface area contributed by atoms with Crippen LogP contribution in [-0.4, -0.2) is 69.8 Å². The number of rotatable bonds is 4. The van der Waals surface area contributed by atoms with Crippen molar-refractivity contribution in [2.24, 2.45) is 11.3 Å². The Morgan fingerprint density at radius 2 is 1.48 bits per heavy atom. The molecule has 0 fully saturated rings. The summed E-state index contributed by atoms with van der Waals surface area (Å²) in [6.45, 7) is 5.71. The van der Waals surface area contributed by atoms with E-state index in [0.717, 1.165) is 14.2 Å². The minimum Gasteiger partial charge on any atom is -0.506 e. The number of phenols is 1. The molecule has 228 valence electrons. The van der Waals surface area contributed by atoms with Crippen molar-refractivity contribution in [1.82, 2.24) is 0 Å². The fourth-order valence-corrected chi connectivity index (χ4v) is 7.72.